The first kappa shape index (κ1) is 30.6. The molecule has 0 aliphatic carbocycles. The first-order valence-electron chi connectivity index (χ1n) is 12.1. The Labute approximate surface area is 255 Å². The smallest absolute Gasteiger partial charge is 0.343 e. The monoisotopic (exact) mass is 671 g/mol. The number of anilines is 1. The Morgan fingerprint density at radius 3 is 2.14 bits per heavy atom. The van der Waals surface area contributed by atoms with Crippen LogP contribution in [0, 0.1) is 0 Å². The number of nitrogens with one attached hydrogen (secondary N) is 2. The maximum absolute atomic E-state index is 12.8. The molecular weight excluding hydrogens is 650 g/mol. The molecule has 0 aromatic heterocycles. The van der Waals surface area contributed by atoms with E-state index in [1.54, 1.807) is 30.3 Å². The SMILES string of the molecule is COc1ccc(C(=O)Oc2ccc(Br)cc2/C=N/NC(=O)c2ccc(NS(=O)(=O)c3ccc(Cl)cc3)cc2)cc1OC. The molecule has 0 unspecified atom stereocenters. The lowest BCUT2D eigenvalue weighted by Gasteiger charge is -2.11. The number of benzene rings is 4. The fraction of sp³-hybridized carbons (Fsp3) is 0.0690. The molecule has 1 amide bonds. The lowest BCUT2D eigenvalue weighted by Crippen LogP contribution is -2.18. The van der Waals surface area contributed by atoms with E-state index < -0.39 is 21.9 Å². The van der Waals surface area contributed by atoms with Gasteiger partial charge in [-0.1, -0.05) is 27.5 Å². The van der Waals surface area contributed by atoms with E-state index in [-0.39, 0.29) is 27.5 Å². The molecule has 216 valence electrons. The van der Waals surface area contributed by atoms with Crippen LogP contribution in [0.4, 0.5) is 5.69 Å². The maximum atomic E-state index is 12.8. The van der Waals surface area contributed by atoms with Gasteiger partial charge in [0.1, 0.15) is 5.75 Å². The molecule has 0 aliphatic heterocycles. The lowest BCUT2D eigenvalue weighted by molar-refractivity contribution is 0.0733. The molecular formula is C29H23BrClN3O7S. The average Bonchev–Trinajstić information content (AvgIpc) is 2.98. The summed E-state index contributed by atoms with van der Waals surface area (Å²) in [5.74, 6) is -0.136. The summed E-state index contributed by atoms with van der Waals surface area (Å²) < 4.78 is 44.3. The van der Waals surface area contributed by atoms with Crippen molar-refractivity contribution in [2.75, 3.05) is 18.9 Å². The summed E-state index contributed by atoms with van der Waals surface area (Å²) in [5, 5.41) is 4.40. The van der Waals surface area contributed by atoms with E-state index in [4.69, 9.17) is 25.8 Å². The van der Waals surface area contributed by atoms with Gasteiger partial charge in [0.05, 0.1) is 30.9 Å². The number of methoxy groups -OCH3 is 2. The summed E-state index contributed by atoms with van der Waals surface area (Å²) in [6.07, 6.45) is 1.33. The number of carbonyl (C=O) groups excluding carboxylic acids is 2. The van der Waals surface area contributed by atoms with Crippen molar-refractivity contribution in [1.29, 1.82) is 0 Å². The minimum atomic E-state index is -3.83. The van der Waals surface area contributed by atoms with Crippen molar-refractivity contribution in [3.63, 3.8) is 0 Å². The molecule has 2 N–H and O–H groups in total. The van der Waals surface area contributed by atoms with Crippen LogP contribution in [-0.4, -0.2) is 40.7 Å². The van der Waals surface area contributed by atoms with E-state index in [0.717, 1.165) is 0 Å². The highest BCUT2D eigenvalue weighted by atomic mass is 79.9. The summed E-state index contributed by atoms with van der Waals surface area (Å²) in [4.78, 5) is 25.5. The molecule has 0 atom stereocenters. The van der Waals surface area contributed by atoms with Gasteiger partial charge in [0.25, 0.3) is 15.9 Å². The maximum Gasteiger partial charge on any atom is 0.343 e. The molecule has 0 aliphatic rings. The second-order valence-electron chi connectivity index (χ2n) is 8.48. The number of carbonyl (C=O) groups is 2. The van der Waals surface area contributed by atoms with Gasteiger partial charge in [-0.2, -0.15) is 5.10 Å². The molecule has 4 aromatic carbocycles. The summed E-state index contributed by atoms with van der Waals surface area (Å²) in [6, 6.07) is 21.1. The van der Waals surface area contributed by atoms with Crippen LogP contribution in [0.5, 0.6) is 17.2 Å². The van der Waals surface area contributed by atoms with Gasteiger partial charge < -0.3 is 14.2 Å². The van der Waals surface area contributed by atoms with Gasteiger partial charge in [0.2, 0.25) is 0 Å². The van der Waals surface area contributed by atoms with Crippen molar-refractivity contribution in [3.8, 4) is 17.2 Å². The van der Waals surface area contributed by atoms with Crippen LogP contribution in [0.15, 0.2) is 99.4 Å². The van der Waals surface area contributed by atoms with Crippen molar-refractivity contribution in [1.82, 2.24) is 5.43 Å². The number of halogens is 2. The third-order valence-electron chi connectivity index (χ3n) is 5.69. The van der Waals surface area contributed by atoms with E-state index in [0.29, 0.717) is 26.6 Å². The fourth-order valence-electron chi connectivity index (χ4n) is 3.58. The zero-order valence-electron chi connectivity index (χ0n) is 22.1. The molecule has 0 saturated carbocycles. The molecule has 0 saturated heterocycles. The predicted octanol–water partition coefficient (Wildman–Crippen LogP) is 5.90. The number of hydrogen-bond acceptors (Lipinski definition) is 8. The van der Waals surface area contributed by atoms with Crippen LogP contribution < -0.4 is 24.4 Å². The third kappa shape index (κ3) is 7.66. The Morgan fingerprint density at radius 1 is 0.833 bits per heavy atom. The molecule has 42 heavy (non-hydrogen) atoms. The molecule has 4 rings (SSSR count). The first-order valence-corrected chi connectivity index (χ1v) is 14.7. The molecule has 13 heteroatoms. The Hall–Kier alpha value is -4.39. The van der Waals surface area contributed by atoms with E-state index in [1.165, 1.54) is 75.0 Å². The van der Waals surface area contributed by atoms with Crippen molar-refractivity contribution in [2.45, 2.75) is 4.90 Å². The molecule has 10 nitrogen and oxygen atoms in total. The van der Waals surface area contributed by atoms with E-state index in [1.807, 2.05) is 0 Å². The largest absolute Gasteiger partial charge is 0.493 e. The van der Waals surface area contributed by atoms with Gasteiger partial charge in [-0.05, 0) is 84.9 Å². The Bertz CT molecular complexity index is 1750. The van der Waals surface area contributed by atoms with E-state index in [9.17, 15) is 18.0 Å². The Balaban J connectivity index is 1.41. The van der Waals surface area contributed by atoms with Crippen molar-refractivity contribution in [3.05, 3.63) is 111 Å². The minimum absolute atomic E-state index is 0.0457. The molecule has 0 spiro atoms. The van der Waals surface area contributed by atoms with Gasteiger partial charge in [-0.15, -0.1) is 0 Å². The van der Waals surface area contributed by atoms with Crippen molar-refractivity contribution in [2.24, 2.45) is 5.10 Å². The van der Waals surface area contributed by atoms with E-state index >= 15 is 0 Å². The van der Waals surface area contributed by atoms with Gasteiger partial charge in [-0.25, -0.2) is 18.6 Å². The molecule has 0 fully saturated rings. The first-order chi connectivity index (χ1) is 20.1. The van der Waals surface area contributed by atoms with Gasteiger partial charge >= 0.3 is 5.97 Å². The minimum Gasteiger partial charge on any atom is -0.493 e. The highest BCUT2D eigenvalue weighted by Crippen LogP contribution is 2.29. The van der Waals surface area contributed by atoms with Crippen LogP contribution >= 0.6 is 27.5 Å². The number of amides is 1. The highest BCUT2D eigenvalue weighted by molar-refractivity contribution is 9.10. The topological polar surface area (TPSA) is 132 Å². The molecule has 0 bridgehead atoms. The average molecular weight is 673 g/mol. The van der Waals surface area contributed by atoms with Crippen LogP contribution in [0.2, 0.25) is 5.02 Å². The highest BCUT2D eigenvalue weighted by Gasteiger charge is 2.16. The van der Waals surface area contributed by atoms with Crippen LogP contribution in [-0.2, 0) is 10.0 Å². The summed E-state index contributed by atoms with van der Waals surface area (Å²) in [6.45, 7) is 0. The normalized spacial score (nSPS) is 11.1. The lowest BCUT2D eigenvalue weighted by atomic mass is 10.2. The second kappa shape index (κ2) is 13.5. The molecule has 0 radical (unpaired) electrons. The van der Waals surface area contributed by atoms with Gasteiger partial charge in [0.15, 0.2) is 11.5 Å². The van der Waals surface area contributed by atoms with Gasteiger partial charge in [0, 0.05) is 26.3 Å². The summed E-state index contributed by atoms with van der Waals surface area (Å²) >= 11 is 9.19. The Kier molecular flexibility index (Phi) is 9.84. The number of nitrogens with zero attached hydrogens (tertiary/aromatic N) is 1. The van der Waals surface area contributed by atoms with Crippen LogP contribution in [0.25, 0.3) is 0 Å². The molecule has 0 heterocycles. The van der Waals surface area contributed by atoms with Crippen LogP contribution in [0.3, 0.4) is 0 Å². The quantitative estimate of drug-likeness (QED) is 0.0928. The number of hydrazone groups is 1. The predicted molar refractivity (Wildman–Crippen MR) is 162 cm³/mol. The number of rotatable bonds is 10. The van der Waals surface area contributed by atoms with Crippen molar-refractivity contribution >= 4 is 61.3 Å². The second-order valence-corrected chi connectivity index (χ2v) is 11.5. The summed E-state index contributed by atoms with van der Waals surface area (Å²) in [7, 11) is -0.880. The fourth-order valence-corrected chi connectivity index (χ4v) is 5.14. The molecule has 4 aromatic rings. The standard InChI is InChI=1S/C29H23BrClN3O7S/c1-39-26-13-5-19(16-27(26)40-2)29(36)41-25-14-6-21(30)15-20(25)17-32-33-28(35)18-3-9-23(10-4-18)34-42(37,38)24-11-7-22(31)8-12-24/h3-17,34H,1-2H3,(H,33,35)/b32-17+. The number of esters is 1. The van der Waals surface area contributed by atoms with Crippen LogP contribution in [0.1, 0.15) is 26.3 Å². The van der Waals surface area contributed by atoms with Gasteiger partial charge in [-0.3, -0.25) is 9.52 Å². The number of sulfonamides is 1. The Morgan fingerprint density at radius 2 is 1.48 bits per heavy atom. The zero-order valence-corrected chi connectivity index (χ0v) is 25.3. The zero-order chi connectivity index (χ0) is 30.3. The number of hydrogen-bond donors (Lipinski definition) is 2. The summed E-state index contributed by atoms with van der Waals surface area (Å²) in [5.41, 5.74) is 3.54. The van der Waals surface area contributed by atoms with Crippen molar-refractivity contribution < 1.29 is 32.2 Å². The third-order valence-corrected chi connectivity index (χ3v) is 7.83. The van der Waals surface area contributed by atoms with E-state index in [2.05, 4.69) is 31.2 Å². The number of ether oxygens (including phenoxy) is 3.